The van der Waals surface area contributed by atoms with E-state index in [-0.39, 0.29) is 0 Å². The van der Waals surface area contributed by atoms with Crippen LogP contribution in [0.4, 0.5) is 0 Å². The topological polar surface area (TPSA) is 99.9 Å². The van der Waals surface area contributed by atoms with Crippen LogP contribution in [-0.4, -0.2) is 32.0 Å². The van der Waals surface area contributed by atoms with Crippen LogP contribution in [0.3, 0.4) is 0 Å². The van der Waals surface area contributed by atoms with Gasteiger partial charge in [0.25, 0.3) is 0 Å². The van der Waals surface area contributed by atoms with Crippen molar-refractivity contribution in [2.45, 2.75) is 76.9 Å². The molecular weight excluding hydrogens is 476 g/mol. The zero-order chi connectivity index (χ0) is 25.4. The number of benzene rings is 2. The van der Waals surface area contributed by atoms with Crippen molar-refractivity contribution in [2.75, 3.05) is 0 Å². The number of hydrogen-bond donors (Lipinski definition) is 4. The highest BCUT2D eigenvalue weighted by Gasteiger charge is 2.31. The van der Waals surface area contributed by atoms with E-state index in [1.54, 1.807) is 0 Å². The molecule has 194 valence electrons. The van der Waals surface area contributed by atoms with Gasteiger partial charge in [0, 0.05) is 45.5 Å². The average molecular weight is 509 g/mol. The number of aromatic amines is 2. The molecule has 4 atom stereocenters. The Hall–Kier alpha value is -3.62. The number of hydrogen-bond acceptors (Lipinski definition) is 6. The minimum absolute atomic E-state index is 0.293. The molecule has 38 heavy (non-hydrogen) atoms. The Morgan fingerprint density at radius 3 is 1.55 bits per heavy atom. The lowest BCUT2D eigenvalue weighted by Crippen LogP contribution is -2.21. The van der Waals surface area contributed by atoms with Gasteiger partial charge in [-0.3, -0.25) is 0 Å². The zero-order valence-corrected chi connectivity index (χ0v) is 21.7. The minimum Gasteiger partial charge on any atom is -0.488 e. The van der Waals surface area contributed by atoms with Crippen LogP contribution >= 0.6 is 0 Å². The predicted octanol–water partition coefficient (Wildman–Crippen LogP) is 5.54. The summed E-state index contributed by atoms with van der Waals surface area (Å²) in [7, 11) is 0. The summed E-state index contributed by atoms with van der Waals surface area (Å²) in [5, 5.41) is 7.22. The first-order valence-electron chi connectivity index (χ1n) is 13.8. The number of H-pyrrole nitrogens is 2. The van der Waals surface area contributed by atoms with E-state index >= 15 is 0 Å². The molecule has 2 fully saturated rings. The third kappa shape index (κ3) is 3.58. The van der Waals surface area contributed by atoms with E-state index < -0.39 is 0 Å². The summed E-state index contributed by atoms with van der Waals surface area (Å²) in [5.41, 5.74) is 8.78. The van der Waals surface area contributed by atoms with Crippen LogP contribution in [0.25, 0.3) is 33.6 Å². The summed E-state index contributed by atoms with van der Waals surface area (Å²) in [4.78, 5) is 16.5. The maximum Gasteiger partial charge on any atom is 0.128 e. The molecule has 0 amide bonds. The third-order valence-corrected chi connectivity index (χ3v) is 8.61. The van der Waals surface area contributed by atoms with E-state index in [0.717, 1.165) is 80.8 Å². The number of aromatic nitrogens is 4. The van der Waals surface area contributed by atoms with Crippen molar-refractivity contribution >= 4 is 0 Å². The van der Waals surface area contributed by atoms with Gasteiger partial charge in [-0.25, -0.2) is 9.97 Å². The quantitative estimate of drug-likeness (QED) is 0.289. The van der Waals surface area contributed by atoms with E-state index in [1.165, 1.54) is 12.8 Å². The fourth-order valence-corrected chi connectivity index (χ4v) is 6.60. The zero-order valence-electron chi connectivity index (χ0n) is 21.7. The first kappa shape index (κ1) is 22.4. The predicted molar refractivity (Wildman–Crippen MR) is 145 cm³/mol. The first-order valence-corrected chi connectivity index (χ1v) is 13.8. The van der Waals surface area contributed by atoms with Gasteiger partial charge >= 0.3 is 0 Å². The largest absolute Gasteiger partial charge is 0.488 e. The molecule has 4 aromatic rings. The van der Waals surface area contributed by atoms with E-state index in [9.17, 15) is 0 Å². The van der Waals surface area contributed by atoms with Gasteiger partial charge in [-0.05, 0) is 63.8 Å². The lowest BCUT2D eigenvalue weighted by molar-refractivity contribution is 0.278. The van der Waals surface area contributed by atoms with Crippen LogP contribution in [0, 0.1) is 0 Å². The van der Waals surface area contributed by atoms with Crippen molar-refractivity contribution in [3.05, 3.63) is 59.4 Å². The molecule has 8 heteroatoms. The van der Waals surface area contributed by atoms with Gasteiger partial charge in [0.05, 0.1) is 35.9 Å². The third-order valence-electron chi connectivity index (χ3n) is 8.61. The number of rotatable bonds is 4. The molecule has 8 nitrogen and oxygen atoms in total. The molecule has 0 aliphatic carbocycles. The molecule has 0 bridgehead atoms. The molecular formula is C30H32N6O2. The van der Waals surface area contributed by atoms with Crippen LogP contribution in [-0.2, 0) is 13.2 Å². The molecule has 0 spiro atoms. The Morgan fingerprint density at radius 2 is 1.13 bits per heavy atom. The van der Waals surface area contributed by atoms with Gasteiger partial charge in [0.1, 0.15) is 36.4 Å². The molecule has 4 aliphatic rings. The van der Waals surface area contributed by atoms with Crippen LogP contribution in [0.15, 0.2) is 36.7 Å². The molecule has 0 unspecified atom stereocenters. The van der Waals surface area contributed by atoms with Crippen LogP contribution in [0.5, 0.6) is 11.5 Å². The van der Waals surface area contributed by atoms with Gasteiger partial charge in [-0.15, -0.1) is 0 Å². The summed E-state index contributed by atoms with van der Waals surface area (Å²) < 4.78 is 12.7. The monoisotopic (exact) mass is 508 g/mol. The van der Waals surface area contributed by atoms with Crippen LogP contribution < -0.4 is 20.1 Å². The Bertz CT molecular complexity index is 1390. The highest BCUT2D eigenvalue weighted by atomic mass is 16.5. The normalized spacial score (nSPS) is 25.2. The summed E-state index contributed by atoms with van der Waals surface area (Å²) in [6.45, 7) is 5.47. The number of imidazole rings is 2. The van der Waals surface area contributed by atoms with E-state index in [4.69, 9.17) is 19.4 Å². The standard InChI is InChI=1S/C30H32N6O2/c1-15-3-5-21(33-15)29-31-11-23(35-29)17-7-19-13-38-26-10-18(8-20-14-37-25(9-17)27(19)28(20)26)24-12-32-30(36-24)22-6-4-16(2)34-22/h7-12,15-16,21-22,33-34H,3-6,13-14H2,1-2H3,(H,31,35)(H,32,36)/t15-,16-,21-,22-/m0/s1. The smallest absolute Gasteiger partial charge is 0.128 e. The van der Waals surface area contributed by atoms with Crippen molar-refractivity contribution < 1.29 is 9.47 Å². The maximum absolute atomic E-state index is 6.35. The summed E-state index contributed by atoms with van der Waals surface area (Å²) in [6.07, 6.45) is 8.45. The second-order valence-electron chi connectivity index (χ2n) is 11.4. The number of nitrogens with one attached hydrogen (secondary N) is 4. The van der Waals surface area contributed by atoms with Gasteiger partial charge in [-0.2, -0.15) is 0 Å². The molecule has 2 aromatic carbocycles. The Kier molecular flexibility index (Phi) is 4.97. The Labute approximate surface area is 221 Å². The SMILES string of the molecule is C[C@H]1CC[C@@H](c2ncc(-c3cc4c5c(c3)OCc3cc(-c6cnc([C@@H]7CC[C@H](C)N7)[nH]6)cc(c3-5)OC4)[nH]2)N1. The van der Waals surface area contributed by atoms with Gasteiger partial charge < -0.3 is 30.1 Å². The number of ether oxygens (including phenoxy) is 2. The lowest BCUT2D eigenvalue weighted by atomic mass is 9.87. The van der Waals surface area contributed by atoms with Crippen molar-refractivity contribution in [2.24, 2.45) is 0 Å². The fourth-order valence-electron chi connectivity index (χ4n) is 6.60. The molecule has 0 radical (unpaired) electrons. The van der Waals surface area contributed by atoms with Gasteiger partial charge in [-0.1, -0.05) is 0 Å². The van der Waals surface area contributed by atoms with E-state index in [0.29, 0.717) is 37.4 Å². The second kappa shape index (κ2) is 8.44. The van der Waals surface area contributed by atoms with Crippen molar-refractivity contribution in [3.8, 4) is 45.1 Å². The minimum atomic E-state index is 0.293. The molecule has 6 heterocycles. The number of nitrogens with zero attached hydrogens (tertiary/aromatic N) is 2. The van der Waals surface area contributed by atoms with Gasteiger partial charge in [0.15, 0.2) is 0 Å². The Morgan fingerprint density at radius 1 is 0.658 bits per heavy atom. The van der Waals surface area contributed by atoms with E-state index in [2.05, 4.69) is 58.7 Å². The molecule has 0 saturated carbocycles. The van der Waals surface area contributed by atoms with E-state index in [1.807, 2.05) is 12.4 Å². The molecule has 4 aliphatic heterocycles. The summed E-state index contributed by atoms with van der Waals surface area (Å²) >= 11 is 0. The maximum atomic E-state index is 6.35. The van der Waals surface area contributed by atoms with Crippen molar-refractivity contribution in [3.63, 3.8) is 0 Å². The highest BCUT2D eigenvalue weighted by molar-refractivity contribution is 5.88. The fraction of sp³-hybridized carbons (Fsp3) is 0.400. The molecule has 4 N–H and O–H groups in total. The lowest BCUT2D eigenvalue weighted by Gasteiger charge is -2.30. The van der Waals surface area contributed by atoms with Crippen LogP contribution in [0.1, 0.15) is 74.4 Å². The Balaban J connectivity index is 1.12. The molecule has 2 saturated heterocycles. The molecule has 2 aromatic heterocycles. The van der Waals surface area contributed by atoms with Gasteiger partial charge in [0.2, 0.25) is 0 Å². The van der Waals surface area contributed by atoms with Crippen molar-refractivity contribution in [1.29, 1.82) is 0 Å². The van der Waals surface area contributed by atoms with Crippen molar-refractivity contribution in [1.82, 2.24) is 30.6 Å². The summed E-state index contributed by atoms with van der Waals surface area (Å²) in [5.74, 6) is 3.84. The second-order valence-corrected chi connectivity index (χ2v) is 11.4. The summed E-state index contributed by atoms with van der Waals surface area (Å²) in [6, 6.07) is 10.4. The highest BCUT2D eigenvalue weighted by Crippen LogP contribution is 2.50. The molecule has 8 rings (SSSR count). The average Bonchev–Trinajstić information content (AvgIpc) is 3.74. The van der Waals surface area contributed by atoms with Crippen LogP contribution in [0.2, 0.25) is 0 Å². The first-order chi connectivity index (χ1) is 18.6.